The molecule has 2 heteroatoms. The van der Waals surface area contributed by atoms with Gasteiger partial charge in [-0.2, -0.15) is 0 Å². The minimum atomic E-state index is 0.458. The van der Waals surface area contributed by atoms with Gasteiger partial charge < -0.3 is 4.74 Å². The molecular weight excluding hydrogens is 132 g/mol. The minimum absolute atomic E-state index is 0.458. The van der Waals surface area contributed by atoms with Gasteiger partial charge in [0.1, 0.15) is 5.44 Å². The molecule has 9 heavy (non-hydrogen) atoms. The number of thioether (sulfide) groups is 1. The zero-order chi connectivity index (χ0) is 6.85. The maximum Gasteiger partial charge on any atom is 0.105 e. The van der Waals surface area contributed by atoms with Crippen molar-refractivity contribution in [2.24, 2.45) is 5.92 Å². The Bertz CT molecular complexity index is 92.9. The van der Waals surface area contributed by atoms with E-state index in [0.717, 1.165) is 0 Å². The monoisotopic (exact) mass is 146 g/mol. The Kier molecular flexibility index (Phi) is 2.42. The van der Waals surface area contributed by atoms with Crippen LogP contribution in [0.2, 0.25) is 0 Å². The van der Waals surface area contributed by atoms with E-state index in [-0.39, 0.29) is 0 Å². The summed E-state index contributed by atoms with van der Waals surface area (Å²) in [6.45, 7) is 6.54. The van der Waals surface area contributed by atoms with E-state index in [9.17, 15) is 0 Å². The van der Waals surface area contributed by atoms with Crippen molar-refractivity contribution in [3.63, 3.8) is 0 Å². The molecule has 2 atom stereocenters. The second kappa shape index (κ2) is 2.93. The number of hydrogen-bond acceptors (Lipinski definition) is 2. The van der Waals surface area contributed by atoms with E-state index in [2.05, 4.69) is 20.8 Å². The Morgan fingerprint density at radius 2 is 2.22 bits per heavy atom. The van der Waals surface area contributed by atoms with Crippen LogP contribution in [0.15, 0.2) is 0 Å². The van der Waals surface area contributed by atoms with Crippen molar-refractivity contribution in [1.29, 1.82) is 0 Å². The summed E-state index contributed by atoms with van der Waals surface area (Å²) in [5.74, 6) is 1.84. The first-order chi connectivity index (χ1) is 4.20. The topological polar surface area (TPSA) is 9.23 Å². The zero-order valence-corrected chi connectivity index (χ0v) is 7.07. The molecule has 0 saturated carbocycles. The van der Waals surface area contributed by atoms with Crippen LogP contribution in [-0.4, -0.2) is 17.3 Å². The molecule has 1 fully saturated rings. The average Bonchev–Trinajstić information content (AvgIpc) is 2.14. The molecule has 0 amide bonds. The standard InChI is InChI=1S/C7H14OS/c1-5(2)7-8-6(3)4-9-7/h5-7H,4H2,1-3H3/t6-,7+/m1/s1. The van der Waals surface area contributed by atoms with Crippen molar-refractivity contribution in [2.75, 3.05) is 5.75 Å². The van der Waals surface area contributed by atoms with Gasteiger partial charge in [0, 0.05) is 5.75 Å². The second-order valence-corrected chi connectivity index (χ2v) is 4.02. The first-order valence-electron chi connectivity index (χ1n) is 3.47. The van der Waals surface area contributed by atoms with Gasteiger partial charge in [0.2, 0.25) is 0 Å². The molecule has 1 saturated heterocycles. The van der Waals surface area contributed by atoms with Crippen LogP contribution in [0, 0.1) is 5.92 Å². The van der Waals surface area contributed by atoms with Crippen LogP contribution in [0.5, 0.6) is 0 Å². The fourth-order valence-electron chi connectivity index (χ4n) is 0.887. The molecule has 0 aromatic rings. The Morgan fingerprint density at radius 1 is 1.56 bits per heavy atom. The fraction of sp³-hybridized carbons (Fsp3) is 1.00. The van der Waals surface area contributed by atoms with E-state index in [1.54, 1.807) is 0 Å². The minimum Gasteiger partial charge on any atom is -0.364 e. The summed E-state index contributed by atoms with van der Waals surface area (Å²) in [4.78, 5) is 0. The third-order valence-electron chi connectivity index (χ3n) is 1.41. The van der Waals surface area contributed by atoms with E-state index in [1.807, 2.05) is 11.8 Å². The molecule has 0 spiro atoms. The summed E-state index contributed by atoms with van der Waals surface area (Å²) in [5, 5.41) is 0. The van der Waals surface area contributed by atoms with Crippen LogP contribution in [-0.2, 0) is 4.74 Å². The molecule has 0 aromatic heterocycles. The van der Waals surface area contributed by atoms with Crippen molar-refractivity contribution in [1.82, 2.24) is 0 Å². The van der Waals surface area contributed by atoms with Gasteiger partial charge in [-0.15, -0.1) is 11.8 Å². The van der Waals surface area contributed by atoms with Gasteiger partial charge in [0.05, 0.1) is 6.10 Å². The van der Waals surface area contributed by atoms with Gasteiger partial charge in [-0.1, -0.05) is 13.8 Å². The van der Waals surface area contributed by atoms with Gasteiger partial charge >= 0.3 is 0 Å². The summed E-state index contributed by atoms with van der Waals surface area (Å²) >= 11 is 1.94. The highest BCUT2D eigenvalue weighted by molar-refractivity contribution is 8.00. The molecule has 0 unspecified atom stereocenters. The van der Waals surface area contributed by atoms with Gasteiger partial charge in [-0.05, 0) is 12.8 Å². The van der Waals surface area contributed by atoms with E-state index in [1.165, 1.54) is 5.75 Å². The summed E-state index contributed by atoms with van der Waals surface area (Å²) in [7, 11) is 0. The lowest BCUT2D eigenvalue weighted by Crippen LogP contribution is -2.12. The van der Waals surface area contributed by atoms with Gasteiger partial charge in [0.15, 0.2) is 0 Å². The van der Waals surface area contributed by atoms with Crippen molar-refractivity contribution >= 4 is 11.8 Å². The van der Waals surface area contributed by atoms with Crippen LogP contribution in [0.25, 0.3) is 0 Å². The van der Waals surface area contributed by atoms with Crippen LogP contribution in [0.1, 0.15) is 20.8 Å². The fourth-order valence-corrected chi connectivity index (χ4v) is 2.08. The molecule has 1 aliphatic rings. The summed E-state index contributed by atoms with van der Waals surface area (Å²) in [5.41, 5.74) is 0.458. The van der Waals surface area contributed by atoms with Crippen LogP contribution in [0.4, 0.5) is 0 Å². The van der Waals surface area contributed by atoms with Gasteiger partial charge in [-0.3, -0.25) is 0 Å². The highest BCUT2D eigenvalue weighted by atomic mass is 32.2. The molecule has 1 aliphatic heterocycles. The highest BCUT2D eigenvalue weighted by Gasteiger charge is 2.24. The predicted molar refractivity (Wildman–Crippen MR) is 41.6 cm³/mol. The lowest BCUT2D eigenvalue weighted by atomic mass is 10.2. The zero-order valence-electron chi connectivity index (χ0n) is 6.26. The van der Waals surface area contributed by atoms with E-state index < -0.39 is 0 Å². The number of ether oxygens (including phenoxy) is 1. The molecule has 0 aromatic carbocycles. The Hall–Kier alpha value is 0.310. The first kappa shape index (κ1) is 7.42. The molecule has 0 aliphatic carbocycles. The smallest absolute Gasteiger partial charge is 0.105 e. The van der Waals surface area contributed by atoms with Gasteiger partial charge in [0.25, 0.3) is 0 Å². The summed E-state index contributed by atoms with van der Waals surface area (Å²) < 4.78 is 5.59. The molecule has 0 radical (unpaired) electrons. The average molecular weight is 146 g/mol. The second-order valence-electron chi connectivity index (χ2n) is 2.89. The molecule has 0 bridgehead atoms. The van der Waals surface area contributed by atoms with E-state index in [0.29, 0.717) is 17.5 Å². The third kappa shape index (κ3) is 1.87. The normalized spacial score (nSPS) is 36.0. The van der Waals surface area contributed by atoms with Crippen molar-refractivity contribution in [3.8, 4) is 0 Å². The van der Waals surface area contributed by atoms with E-state index >= 15 is 0 Å². The van der Waals surface area contributed by atoms with Crippen LogP contribution >= 0.6 is 11.8 Å². The summed E-state index contributed by atoms with van der Waals surface area (Å²) in [6, 6.07) is 0. The van der Waals surface area contributed by atoms with Crippen molar-refractivity contribution in [2.45, 2.75) is 32.3 Å². The first-order valence-corrected chi connectivity index (χ1v) is 4.52. The highest BCUT2D eigenvalue weighted by Crippen LogP contribution is 2.29. The largest absolute Gasteiger partial charge is 0.364 e. The molecular formula is C7H14OS. The Balaban J connectivity index is 2.30. The lowest BCUT2D eigenvalue weighted by molar-refractivity contribution is 0.0548. The van der Waals surface area contributed by atoms with Crippen LogP contribution < -0.4 is 0 Å². The third-order valence-corrected chi connectivity index (χ3v) is 3.05. The lowest BCUT2D eigenvalue weighted by Gasteiger charge is -2.12. The van der Waals surface area contributed by atoms with Crippen LogP contribution in [0.3, 0.4) is 0 Å². The SMILES string of the molecule is CC(C)[C@H]1O[C@H](C)CS1. The Labute approximate surface area is 61.2 Å². The van der Waals surface area contributed by atoms with Gasteiger partial charge in [-0.25, -0.2) is 0 Å². The number of rotatable bonds is 1. The molecule has 0 N–H and O–H groups in total. The van der Waals surface area contributed by atoms with Crippen molar-refractivity contribution in [3.05, 3.63) is 0 Å². The summed E-state index contributed by atoms with van der Waals surface area (Å²) in [6.07, 6.45) is 0.474. The maximum absolute atomic E-state index is 5.59. The number of hydrogen-bond donors (Lipinski definition) is 0. The molecule has 54 valence electrons. The molecule has 1 heterocycles. The van der Waals surface area contributed by atoms with E-state index in [4.69, 9.17) is 4.74 Å². The van der Waals surface area contributed by atoms with Crippen molar-refractivity contribution < 1.29 is 4.74 Å². The molecule has 1 nitrogen and oxygen atoms in total. The quantitative estimate of drug-likeness (QED) is 0.560. The predicted octanol–water partition coefficient (Wildman–Crippen LogP) is 2.12. The maximum atomic E-state index is 5.59. The molecule has 1 rings (SSSR count). The Morgan fingerprint density at radius 3 is 2.44 bits per heavy atom.